The van der Waals surface area contributed by atoms with Gasteiger partial charge in [0.25, 0.3) is 0 Å². The van der Waals surface area contributed by atoms with E-state index in [4.69, 9.17) is 0 Å². The topological polar surface area (TPSA) is 49.4 Å². The van der Waals surface area contributed by atoms with Crippen LogP contribution in [0.1, 0.15) is 31.4 Å². The van der Waals surface area contributed by atoms with Gasteiger partial charge in [0.1, 0.15) is 6.04 Å². The second-order valence-electron chi connectivity index (χ2n) is 6.30. The third-order valence-electron chi connectivity index (χ3n) is 4.42. The minimum Gasteiger partial charge on any atom is -0.355 e. The summed E-state index contributed by atoms with van der Waals surface area (Å²) in [5, 5.41) is 2.86. The second-order valence-corrected chi connectivity index (χ2v) is 6.30. The predicted molar refractivity (Wildman–Crippen MR) is 105 cm³/mol. The lowest BCUT2D eigenvalue weighted by Crippen LogP contribution is -2.50. The Morgan fingerprint density at radius 3 is 2.04 bits per heavy atom. The summed E-state index contributed by atoms with van der Waals surface area (Å²) in [4.78, 5) is 27.2. The lowest BCUT2D eigenvalue weighted by molar-refractivity contribution is -0.140. The Kier molecular flexibility index (Phi) is 7.87. The molecule has 0 radical (unpaired) electrons. The minimum absolute atomic E-state index is 0.00904. The Hall–Kier alpha value is -2.62. The fraction of sp³-hybridized carbons (Fsp3) is 0.364. The van der Waals surface area contributed by atoms with Gasteiger partial charge in [-0.1, -0.05) is 67.6 Å². The fourth-order valence-electron chi connectivity index (χ4n) is 3.06. The van der Waals surface area contributed by atoms with Gasteiger partial charge in [-0.2, -0.15) is 0 Å². The van der Waals surface area contributed by atoms with Gasteiger partial charge < -0.3 is 10.2 Å². The first kappa shape index (κ1) is 19.7. The van der Waals surface area contributed by atoms with Gasteiger partial charge in [0.15, 0.2) is 0 Å². The second kappa shape index (κ2) is 10.4. The summed E-state index contributed by atoms with van der Waals surface area (Å²) in [6.45, 7) is 4.94. The van der Waals surface area contributed by atoms with Crippen molar-refractivity contribution in [3.8, 4) is 0 Å². The number of rotatable bonds is 9. The molecule has 1 N–H and O–H groups in total. The highest BCUT2D eigenvalue weighted by Crippen LogP contribution is 2.12. The Morgan fingerprint density at radius 1 is 0.923 bits per heavy atom. The summed E-state index contributed by atoms with van der Waals surface area (Å²) in [6.07, 6.45) is 1.64. The molecule has 26 heavy (non-hydrogen) atoms. The van der Waals surface area contributed by atoms with E-state index in [0.29, 0.717) is 25.9 Å². The van der Waals surface area contributed by atoms with E-state index in [9.17, 15) is 9.59 Å². The number of likely N-dealkylation sites (N-methyl/N-ethyl adjacent to an activating group) is 1. The number of nitrogens with zero attached hydrogens (tertiary/aromatic N) is 1. The number of nitrogens with one attached hydrogen (secondary N) is 1. The van der Waals surface area contributed by atoms with Crippen molar-refractivity contribution in [3.05, 3.63) is 71.8 Å². The van der Waals surface area contributed by atoms with Crippen molar-refractivity contribution in [2.75, 3.05) is 13.1 Å². The van der Waals surface area contributed by atoms with Crippen LogP contribution in [0.3, 0.4) is 0 Å². The van der Waals surface area contributed by atoms with Gasteiger partial charge in [-0.15, -0.1) is 0 Å². The zero-order valence-corrected chi connectivity index (χ0v) is 15.7. The summed E-state index contributed by atoms with van der Waals surface area (Å²) in [5.41, 5.74) is 2.13. The number of carbonyl (C=O) groups excluding carboxylic acids is 2. The van der Waals surface area contributed by atoms with Gasteiger partial charge in [0, 0.05) is 13.1 Å². The molecule has 4 nitrogen and oxygen atoms in total. The standard InChI is InChI=1S/C22H28N2O2/c1-3-20(22(26)23-4-2)24(16-15-18-11-7-5-8-12-18)21(25)17-19-13-9-6-10-14-19/h5-14,20H,3-4,15-17H2,1-2H3,(H,23,26). The van der Waals surface area contributed by atoms with E-state index in [1.54, 1.807) is 4.90 Å². The molecular weight excluding hydrogens is 324 g/mol. The molecule has 138 valence electrons. The first-order valence-electron chi connectivity index (χ1n) is 9.30. The SMILES string of the molecule is CCNC(=O)C(CC)N(CCc1ccccc1)C(=O)Cc1ccccc1. The Labute approximate surface area is 156 Å². The highest BCUT2D eigenvalue weighted by atomic mass is 16.2. The summed E-state index contributed by atoms with van der Waals surface area (Å²) in [6, 6.07) is 19.3. The van der Waals surface area contributed by atoms with Crippen molar-refractivity contribution in [3.63, 3.8) is 0 Å². The van der Waals surface area contributed by atoms with E-state index < -0.39 is 6.04 Å². The van der Waals surface area contributed by atoms with Crippen LogP contribution in [0.15, 0.2) is 60.7 Å². The molecule has 0 bridgehead atoms. The Morgan fingerprint density at radius 2 is 1.50 bits per heavy atom. The maximum absolute atomic E-state index is 13.0. The largest absolute Gasteiger partial charge is 0.355 e. The molecule has 0 saturated carbocycles. The lowest BCUT2D eigenvalue weighted by Gasteiger charge is -2.30. The van der Waals surface area contributed by atoms with Crippen molar-refractivity contribution in [1.29, 1.82) is 0 Å². The number of benzene rings is 2. The van der Waals surface area contributed by atoms with Gasteiger partial charge >= 0.3 is 0 Å². The predicted octanol–water partition coefficient (Wildman–Crippen LogP) is 3.22. The van der Waals surface area contributed by atoms with Crippen molar-refractivity contribution in [2.45, 2.75) is 39.2 Å². The Bertz CT molecular complexity index is 686. The molecule has 0 aromatic heterocycles. The van der Waals surface area contributed by atoms with E-state index in [-0.39, 0.29) is 11.8 Å². The highest BCUT2D eigenvalue weighted by Gasteiger charge is 2.27. The molecule has 0 heterocycles. The molecule has 2 rings (SSSR count). The van der Waals surface area contributed by atoms with Crippen LogP contribution in [-0.2, 0) is 22.4 Å². The quantitative estimate of drug-likeness (QED) is 0.753. The van der Waals surface area contributed by atoms with E-state index in [0.717, 1.165) is 17.5 Å². The highest BCUT2D eigenvalue weighted by molar-refractivity contribution is 5.88. The van der Waals surface area contributed by atoms with Gasteiger partial charge in [0.2, 0.25) is 11.8 Å². The first-order chi connectivity index (χ1) is 12.7. The molecule has 1 atom stereocenters. The molecule has 2 amide bonds. The van der Waals surface area contributed by atoms with Crippen LogP contribution in [-0.4, -0.2) is 35.8 Å². The van der Waals surface area contributed by atoms with E-state index in [2.05, 4.69) is 5.32 Å². The van der Waals surface area contributed by atoms with E-state index >= 15 is 0 Å². The van der Waals surface area contributed by atoms with Crippen LogP contribution in [0.2, 0.25) is 0 Å². The summed E-state index contributed by atoms with van der Waals surface area (Å²) in [5.74, 6) is -0.0882. The van der Waals surface area contributed by atoms with Gasteiger partial charge in [-0.25, -0.2) is 0 Å². The smallest absolute Gasteiger partial charge is 0.242 e. The van der Waals surface area contributed by atoms with Crippen LogP contribution in [0.5, 0.6) is 0 Å². The average Bonchev–Trinajstić information content (AvgIpc) is 2.66. The fourth-order valence-corrected chi connectivity index (χ4v) is 3.06. The number of hydrogen-bond acceptors (Lipinski definition) is 2. The molecule has 0 fully saturated rings. The molecule has 0 aliphatic rings. The number of amides is 2. The van der Waals surface area contributed by atoms with Gasteiger partial charge in [-0.05, 0) is 30.9 Å². The number of carbonyl (C=O) groups is 2. The number of hydrogen-bond donors (Lipinski definition) is 1. The van der Waals surface area contributed by atoms with Gasteiger partial charge in [0.05, 0.1) is 6.42 Å². The van der Waals surface area contributed by atoms with Crippen LogP contribution in [0.25, 0.3) is 0 Å². The van der Waals surface area contributed by atoms with Crippen LogP contribution in [0.4, 0.5) is 0 Å². The van der Waals surface area contributed by atoms with Gasteiger partial charge in [-0.3, -0.25) is 9.59 Å². The molecule has 0 aliphatic carbocycles. The van der Waals surface area contributed by atoms with Crippen molar-refractivity contribution in [2.24, 2.45) is 0 Å². The summed E-state index contributed by atoms with van der Waals surface area (Å²) in [7, 11) is 0. The molecule has 4 heteroatoms. The van der Waals surface area contributed by atoms with Crippen molar-refractivity contribution >= 4 is 11.8 Å². The molecule has 1 unspecified atom stereocenters. The maximum Gasteiger partial charge on any atom is 0.242 e. The maximum atomic E-state index is 13.0. The van der Waals surface area contributed by atoms with Crippen LogP contribution < -0.4 is 5.32 Å². The van der Waals surface area contributed by atoms with Crippen molar-refractivity contribution in [1.82, 2.24) is 10.2 Å². The van der Waals surface area contributed by atoms with Crippen LogP contribution in [0, 0.1) is 0 Å². The minimum atomic E-state index is -0.435. The third kappa shape index (κ3) is 5.73. The molecule has 2 aromatic rings. The Balaban J connectivity index is 2.15. The lowest BCUT2D eigenvalue weighted by atomic mass is 10.1. The molecule has 2 aromatic carbocycles. The van der Waals surface area contributed by atoms with E-state index in [1.807, 2.05) is 74.5 Å². The van der Waals surface area contributed by atoms with E-state index in [1.165, 1.54) is 0 Å². The molecule has 0 aliphatic heterocycles. The molecule has 0 saturated heterocycles. The zero-order chi connectivity index (χ0) is 18.8. The third-order valence-corrected chi connectivity index (χ3v) is 4.42. The van der Waals surface area contributed by atoms with Crippen LogP contribution >= 0.6 is 0 Å². The average molecular weight is 352 g/mol. The summed E-state index contributed by atoms with van der Waals surface area (Å²) < 4.78 is 0. The molecule has 0 spiro atoms. The normalized spacial score (nSPS) is 11.6. The van der Waals surface area contributed by atoms with Crippen molar-refractivity contribution < 1.29 is 9.59 Å². The zero-order valence-electron chi connectivity index (χ0n) is 15.7. The molecular formula is C22H28N2O2. The monoisotopic (exact) mass is 352 g/mol. The first-order valence-corrected chi connectivity index (χ1v) is 9.30. The summed E-state index contributed by atoms with van der Waals surface area (Å²) >= 11 is 0.